The van der Waals surface area contributed by atoms with E-state index in [0.29, 0.717) is 5.92 Å². The van der Waals surface area contributed by atoms with Gasteiger partial charge in [0.25, 0.3) is 0 Å². The second kappa shape index (κ2) is 6.66. The van der Waals surface area contributed by atoms with Crippen LogP contribution in [0.15, 0.2) is 12.3 Å². The number of hydrogen-bond acceptors (Lipinski definition) is 5. The van der Waals surface area contributed by atoms with E-state index in [1.54, 1.807) is 0 Å². The number of hydrogen-bond donors (Lipinski definition) is 1. The first-order valence-electron chi connectivity index (χ1n) is 6.61. The van der Waals surface area contributed by atoms with Gasteiger partial charge in [-0.2, -0.15) is 0 Å². The maximum absolute atomic E-state index is 5.33. The molecular formula is C13H22N4O. The summed E-state index contributed by atoms with van der Waals surface area (Å²) in [5.41, 5.74) is 1.05. The fourth-order valence-corrected chi connectivity index (χ4v) is 1.89. The molecule has 0 spiro atoms. The lowest BCUT2D eigenvalue weighted by atomic mass is 10.2. The molecule has 1 aliphatic heterocycles. The quantitative estimate of drug-likeness (QED) is 0.847. The summed E-state index contributed by atoms with van der Waals surface area (Å²) in [4.78, 5) is 11.1. The van der Waals surface area contributed by atoms with Crippen molar-refractivity contribution in [2.45, 2.75) is 20.4 Å². The molecule has 1 aromatic heterocycles. The van der Waals surface area contributed by atoms with E-state index in [0.717, 1.165) is 51.0 Å². The predicted molar refractivity (Wildman–Crippen MR) is 71.6 cm³/mol. The molecule has 0 atom stereocenters. The molecule has 1 N–H and O–H groups in total. The molecule has 2 heterocycles. The summed E-state index contributed by atoms with van der Waals surface area (Å²) in [6.45, 7) is 9.50. The van der Waals surface area contributed by atoms with Gasteiger partial charge in [-0.3, -0.25) is 0 Å². The van der Waals surface area contributed by atoms with Crippen LogP contribution in [-0.2, 0) is 11.3 Å². The Labute approximate surface area is 109 Å². The fourth-order valence-electron chi connectivity index (χ4n) is 1.89. The van der Waals surface area contributed by atoms with Gasteiger partial charge in [0.1, 0.15) is 0 Å². The van der Waals surface area contributed by atoms with Gasteiger partial charge in [0.05, 0.1) is 18.9 Å². The molecule has 5 nitrogen and oxygen atoms in total. The van der Waals surface area contributed by atoms with Crippen molar-refractivity contribution < 1.29 is 4.74 Å². The van der Waals surface area contributed by atoms with E-state index in [1.165, 1.54) is 0 Å². The Kier molecular flexibility index (Phi) is 4.90. The van der Waals surface area contributed by atoms with Gasteiger partial charge in [0.15, 0.2) is 0 Å². The Hall–Kier alpha value is -1.20. The average Bonchev–Trinajstić information content (AvgIpc) is 2.40. The van der Waals surface area contributed by atoms with Crippen LogP contribution in [0.1, 0.15) is 19.5 Å². The van der Waals surface area contributed by atoms with Crippen LogP contribution >= 0.6 is 0 Å². The van der Waals surface area contributed by atoms with Gasteiger partial charge in [-0.05, 0) is 18.5 Å². The standard InChI is InChI=1S/C13H22N4O/c1-11(2)9-14-10-12-3-4-15-13(16-12)17-5-7-18-8-6-17/h3-4,11,14H,5-10H2,1-2H3. The summed E-state index contributed by atoms with van der Waals surface area (Å²) in [6.07, 6.45) is 1.84. The Bertz CT molecular complexity index is 364. The molecule has 0 radical (unpaired) electrons. The van der Waals surface area contributed by atoms with Crippen LogP contribution in [0.2, 0.25) is 0 Å². The molecule has 1 fully saturated rings. The van der Waals surface area contributed by atoms with Crippen LogP contribution in [0.25, 0.3) is 0 Å². The summed E-state index contributed by atoms with van der Waals surface area (Å²) in [5.74, 6) is 1.48. The van der Waals surface area contributed by atoms with E-state index in [-0.39, 0.29) is 0 Å². The molecule has 0 aromatic carbocycles. The Morgan fingerprint density at radius 2 is 2.17 bits per heavy atom. The lowest BCUT2D eigenvalue weighted by molar-refractivity contribution is 0.122. The SMILES string of the molecule is CC(C)CNCc1ccnc(N2CCOCC2)n1. The third kappa shape index (κ3) is 3.92. The van der Waals surface area contributed by atoms with Gasteiger partial charge in [0, 0.05) is 25.8 Å². The summed E-state index contributed by atoms with van der Waals surface area (Å²) in [7, 11) is 0. The molecule has 0 unspecified atom stereocenters. The van der Waals surface area contributed by atoms with Gasteiger partial charge >= 0.3 is 0 Å². The molecule has 100 valence electrons. The third-order valence-corrected chi connectivity index (χ3v) is 2.85. The minimum atomic E-state index is 0.658. The van der Waals surface area contributed by atoms with E-state index in [1.807, 2.05) is 12.3 Å². The van der Waals surface area contributed by atoms with Gasteiger partial charge in [-0.1, -0.05) is 13.8 Å². The van der Waals surface area contributed by atoms with Crippen LogP contribution in [-0.4, -0.2) is 42.8 Å². The highest BCUT2D eigenvalue weighted by atomic mass is 16.5. The van der Waals surface area contributed by atoms with Gasteiger partial charge in [0.2, 0.25) is 5.95 Å². The molecule has 2 rings (SSSR count). The highest BCUT2D eigenvalue weighted by molar-refractivity contribution is 5.30. The molecule has 0 amide bonds. The smallest absolute Gasteiger partial charge is 0.225 e. The maximum Gasteiger partial charge on any atom is 0.225 e. The Morgan fingerprint density at radius 3 is 2.89 bits per heavy atom. The van der Waals surface area contributed by atoms with Gasteiger partial charge in [-0.15, -0.1) is 0 Å². The minimum Gasteiger partial charge on any atom is -0.378 e. The molecule has 0 saturated carbocycles. The topological polar surface area (TPSA) is 50.3 Å². The van der Waals surface area contributed by atoms with Crippen molar-refractivity contribution in [1.82, 2.24) is 15.3 Å². The molecule has 0 bridgehead atoms. The van der Waals surface area contributed by atoms with E-state index in [4.69, 9.17) is 4.74 Å². The van der Waals surface area contributed by atoms with Crippen molar-refractivity contribution in [3.63, 3.8) is 0 Å². The molecule has 1 aliphatic rings. The molecular weight excluding hydrogens is 228 g/mol. The summed E-state index contributed by atoms with van der Waals surface area (Å²) in [5, 5.41) is 3.40. The van der Waals surface area contributed by atoms with Crippen molar-refractivity contribution in [1.29, 1.82) is 0 Å². The number of nitrogens with zero attached hydrogens (tertiary/aromatic N) is 3. The summed E-state index contributed by atoms with van der Waals surface area (Å²) in [6, 6.07) is 1.97. The van der Waals surface area contributed by atoms with Crippen LogP contribution in [0.5, 0.6) is 0 Å². The molecule has 1 saturated heterocycles. The van der Waals surface area contributed by atoms with Crippen molar-refractivity contribution in [3.8, 4) is 0 Å². The van der Waals surface area contributed by atoms with Crippen molar-refractivity contribution in [2.75, 3.05) is 37.7 Å². The number of rotatable bonds is 5. The van der Waals surface area contributed by atoms with Crippen molar-refractivity contribution >= 4 is 5.95 Å². The second-order valence-electron chi connectivity index (χ2n) is 4.97. The first kappa shape index (κ1) is 13.2. The van der Waals surface area contributed by atoms with E-state index in [2.05, 4.69) is 34.0 Å². The zero-order valence-electron chi connectivity index (χ0n) is 11.2. The lowest BCUT2D eigenvalue weighted by Crippen LogP contribution is -2.37. The van der Waals surface area contributed by atoms with Crippen LogP contribution in [0.4, 0.5) is 5.95 Å². The van der Waals surface area contributed by atoms with E-state index >= 15 is 0 Å². The minimum absolute atomic E-state index is 0.658. The lowest BCUT2D eigenvalue weighted by Gasteiger charge is -2.26. The Balaban J connectivity index is 1.91. The van der Waals surface area contributed by atoms with Gasteiger partial charge < -0.3 is 15.0 Å². The zero-order chi connectivity index (χ0) is 12.8. The van der Waals surface area contributed by atoms with Crippen LogP contribution in [0, 0.1) is 5.92 Å². The summed E-state index contributed by atoms with van der Waals surface area (Å²) >= 11 is 0. The number of ether oxygens (including phenoxy) is 1. The summed E-state index contributed by atoms with van der Waals surface area (Å²) < 4.78 is 5.33. The van der Waals surface area contributed by atoms with Crippen LogP contribution < -0.4 is 10.2 Å². The van der Waals surface area contributed by atoms with Crippen molar-refractivity contribution in [2.24, 2.45) is 5.92 Å². The number of nitrogens with one attached hydrogen (secondary N) is 1. The number of morpholine rings is 1. The van der Waals surface area contributed by atoms with Crippen LogP contribution in [0.3, 0.4) is 0 Å². The number of aromatic nitrogens is 2. The van der Waals surface area contributed by atoms with E-state index in [9.17, 15) is 0 Å². The third-order valence-electron chi connectivity index (χ3n) is 2.85. The highest BCUT2D eigenvalue weighted by Gasteiger charge is 2.13. The largest absolute Gasteiger partial charge is 0.378 e. The molecule has 5 heteroatoms. The first-order chi connectivity index (χ1) is 8.75. The Morgan fingerprint density at radius 1 is 1.39 bits per heavy atom. The normalized spacial score (nSPS) is 16.3. The first-order valence-corrected chi connectivity index (χ1v) is 6.61. The average molecular weight is 250 g/mol. The second-order valence-corrected chi connectivity index (χ2v) is 4.97. The van der Waals surface area contributed by atoms with E-state index < -0.39 is 0 Å². The maximum atomic E-state index is 5.33. The predicted octanol–water partition coefficient (Wildman–Crippen LogP) is 1.06. The zero-order valence-corrected chi connectivity index (χ0v) is 11.2. The van der Waals surface area contributed by atoms with Gasteiger partial charge in [-0.25, -0.2) is 9.97 Å². The fraction of sp³-hybridized carbons (Fsp3) is 0.692. The molecule has 18 heavy (non-hydrogen) atoms. The van der Waals surface area contributed by atoms with Crippen molar-refractivity contribution in [3.05, 3.63) is 18.0 Å². The highest BCUT2D eigenvalue weighted by Crippen LogP contribution is 2.09. The number of anilines is 1. The molecule has 1 aromatic rings. The monoisotopic (exact) mass is 250 g/mol. The molecule has 0 aliphatic carbocycles.